The fourth-order valence-electron chi connectivity index (χ4n) is 0.946. The zero-order valence-electron chi connectivity index (χ0n) is 8.64. The van der Waals surface area contributed by atoms with Crippen molar-refractivity contribution in [3.8, 4) is 0 Å². The first-order chi connectivity index (χ1) is 7.22. The minimum atomic E-state index is -0.499. The molecule has 0 heterocycles. The SMILES string of the molecule is C[C@@H](CO)COC(=O)Nc1ccccc1. The molecule has 2 N–H and O–H groups in total. The van der Waals surface area contributed by atoms with E-state index in [4.69, 9.17) is 9.84 Å². The van der Waals surface area contributed by atoms with Gasteiger partial charge >= 0.3 is 6.09 Å². The minimum Gasteiger partial charge on any atom is -0.449 e. The number of nitrogens with one attached hydrogen (secondary N) is 1. The molecule has 1 amide bonds. The lowest BCUT2D eigenvalue weighted by atomic mass is 10.2. The average molecular weight is 209 g/mol. The number of carbonyl (C=O) groups is 1. The van der Waals surface area contributed by atoms with Crippen molar-refractivity contribution in [2.45, 2.75) is 6.92 Å². The molecule has 0 spiro atoms. The summed E-state index contributed by atoms with van der Waals surface area (Å²) in [5.41, 5.74) is 0.694. The van der Waals surface area contributed by atoms with Crippen molar-refractivity contribution in [2.24, 2.45) is 5.92 Å². The van der Waals surface area contributed by atoms with Crippen molar-refractivity contribution in [1.82, 2.24) is 0 Å². The number of carbonyl (C=O) groups excluding carboxylic acids is 1. The summed E-state index contributed by atoms with van der Waals surface area (Å²) >= 11 is 0. The van der Waals surface area contributed by atoms with E-state index in [1.165, 1.54) is 0 Å². The Labute approximate surface area is 88.9 Å². The van der Waals surface area contributed by atoms with Gasteiger partial charge in [0.25, 0.3) is 0 Å². The van der Waals surface area contributed by atoms with Crippen molar-refractivity contribution >= 4 is 11.8 Å². The van der Waals surface area contributed by atoms with E-state index in [2.05, 4.69) is 5.32 Å². The van der Waals surface area contributed by atoms with Gasteiger partial charge in [-0.1, -0.05) is 25.1 Å². The van der Waals surface area contributed by atoms with Gasteiger partial charge in [-0.3, -0.25) is 5.32 Å². The van der Waals surface area contributed by atoms with E-state index >= 15 is 0 Å². The molecule has 0 aromatic heterocycles. The molecule has 4 heteroatoms. The van der Waals surface area contributed by atoms with Crippen LogP contribution in [0, 0.1) is 5.92 Å². The number of rotatable bonds is 4. The molecule has 1 rings (SSSR count). The second-order valence-corrected chi connectivity index (χ2v) is 3.38. The van der Waals surface area contributed by atoms with Crippen LogP contribution < -0.4 is 5.32 Å². The first-order valence-corrected chi connectivity index (χ1v) is 4.82. The predicted octanol–water partition coefficient (Wildman–Crippen LogP) is 1.86. The summed E-state index contributed by atoms with van der Waals surface area (Å²) in [7, 11) is 0. The molecule has 15 heavy (non-hydrogen) atoms. The van der Waals surface area contributed by atoms with Gasteiger partial charge < -0.3 is 9.84 Å². The van der Waals surface area contributed by atoms with Crippen LogP contribution in [0.5, 0.6) is 0 Å². The number of para-hydroxylation sites is 1. The fourth-order valence-corrected chi connectivity index (χ4v) is 0.946. The van der Waals surface area contributed by atoms with E-state index in [1.807, 2.05) is 18.2 Å². The van der Waals surface area contributed by atoms with E-state index in [9.17, 15) is 4.79 Å². The Morgan fingerprint density at radius 3 is 2.73 bits per heavy atom. The van der Waals surface area contributed by atoms with Gasteiger partial charge in [0.05, 0.1) is 6.61 Å². The van der Waals surface area contributed by atoms with Crippen LogP contribution in [0.2, 0.25) is 0 Å². The molecule has 0 aliphatic carbocycles. The molecule has 0 unspecified atom stereocenters. The summed E-state index contributed by atoms with van der Waals surface area (Å²) in [5, 5.41) is 11.3. The van der Waals surface area contributed by atoms with Crippen molar-refractivity contribution < 1.29 is 14.6 Å². The van der Waals surface area contributed by atoms with Crippen LogP contribution in [0.1, 0.15) is 6.92 Å². The largest absolute Gasteiger partial charge is 0.449 e. The average Bonchev–Trinajstić information content (AvgIpc) is 2.27. The molecule has 82 valence electrons. The molecule has 0 saturated carbocycles. The van der Waals surface area contributed by atoms with Gasteiger partial charge in [-0.25, -0.2) is 4.79 Å². The number of hydrogen-bond donors (Lipinski definition) is 2. The molecular weight excluding hydrogens is 194 g/mol. The quantitative estimate of drug-likeness (QED) is 0.795. The first-order valence-electron chi connectivity index (χ1n) is 4.82. The van der Waals surface area contributed by atoms with E-state index in [0.717, 1.165) is 0 Å². The number of aliphatic hydroxyl groups excluding tert-OH is 1. The molecule has 4 nitrogen and oxygen atoms in total. The Morgan fingerprint density at radius 2 is 2.13 bits per heavy atom. The van der Waals surface area contributed by atoms with Gasteiger partial charge in [0.2, 0.25) is 0 Å². The fraction of sp³-hybridized carbons (Fsp3) is 0.364. The molecule has 0 fully saturated rings. The van der Waals surface area contributed by atoms with Gasteiger partial charge in [-0.05, 0) is 12.1 Å². The Morgan fingerprint density at radius 1 is 1.47 bits per heavy atom. The Hall–Kier alpha value is -1.55. The molecule has 1 aromatic rings. The molecular formula is C11H15NO3. The van der Waals surface area contributed by atoms with Crippen molar-refractivity contribution in [2.75, 3.05) is 18.5 Å². The summed E-state index contributed by atoms with van der Waals surface area (Å²) in [6.45, 7) is 2.03. The molecule has 0 radical (unpaired) electrons. The maximum absolute atomic E-state index is 11.2. The molecule has 0 saturated heterocycles. The van der Waals surface area contributed by atoms with Crippen LogP contribution in [-0.4, -0.2) is 24.4 Å². The lowest BCUT2D eigenvalue weighted by Crippen LogP contribution is -2.19. The zero-order chi connectivity index (χ0) is 11.1. The maximum atomic E-state index is 11.2. The topological polar surface area (TPSA) is 58.6 Å². The van der Waals surface area contributed by atoms with Crippen LogP contribution in [0.15, 0.2) is 30.3 Å². The third-order valence-electron chi connectivity index (χ3n) is 1.83. The predicted molar refractivity (Wildman–Crippen MR) is 57.7 cm³/mol. The maximum Gasteiger partial charge on any atom is 0.411 e. The molecule has 0 bridgehead atoms. The molecule has 0 aliphatic heterocycles. The highest BCUT2D eigenvalue weighted by atomic mass is 16.5. The molecule has 0 aliphatic rings. The number of hydrogen-bond acceptors (Lipinski definition) is 3. The molecule has 1 atom stereocenters. The third-order valence-corrected chi connectivity index (χ3v) is 1.83. The van der Waals surface area contributed by atoms with Crippen LogP contribution in [0.4, 0.5) is 10.5 Å². The summed E-state index contributed by atoms with van der Waals surface area (Å²) < 4.78 is 4.89. The van der Waals surface area contributed by atoms with Crippen LogP contribution in [-0.2, 0) is 4.74 Å². The van der Waals surface area contributed by atoms with E-state index in [-0.39, 0.29) is 19.1 Å². The van der Waals surface area contributed by atoms with E-state index in [1.54, 1.807) is 19.1 Å². The lowest BCUT2D eigenvalue weighted by molar-refractivity contribution is 0.120. The van der Waals surface area contributed by atoms with Crippen LogP contribution in [0.3, 0.4) is 0 Å². The van der Waals surface area contributed by atoms with E-state index in [0.29, 0.717) is 5.69 Å². The highest BCUT2D eigenvalue weighted by Crippen LogP contribution is 2.05. The number of benzene rings is 1. The Balaban J connectivity index is 2.31. The molecule has 1 aromatic carbocycles. The number of ether oxygens (including phenoxy) is 1. The van der Waals surface area contributed by atoms with Gasteiger partial charge in [-0.15, -0.1) is 0 Å². The highest BCUT2D eigenvalue weighted by Gasteiger charge is 2.05. The van der Waals surface area contributed by atoms with Crippen LogP contribution in [0.25, 0.3) is 0 Å². The number of amides is 1. The van der Waals surface area contributed by atoms with Gasteiger partial charge in [-0.2, -0.15) is 0 Å². The minimum absolute atomic E-state index is 0.0125. The Bertz CT molecular complexity index is 300. The Kier molecular flexibility index (Phi) is 4.63. The summed E-state index contributed by atoms with van der Waals surface area (Å²) in [5.74, 6) is -0.0356. The van der Waals surface area contributed by atoms with Crippen molar-refractivity contribution in [3.63, 3.8) is 0 Å². The zero-order valence-corrected chi connectivity index (χ0v) is 8.64. The summed E-state index contributed by atoms with van der Waals surface area (Å²) in [6.07, 6.45) is -0.499. The van der Waals surface area contributed by atoms with Crippen molar-refractivity contribution in [1.29, 1.82) is 0 Å². The van der Waals surface area contributed by atoms with Crippen LogP contribution >= 0.6 is 0 Å². The normalized spacial score (nSPS) is 11.9. The monoisotopic (exact) mass is 209 g/mol. The second kappa shape index (κ2) is 6.03. The van der Waals surface area contributed by atoms with Crippen molar-refractivity contribution in [3.05, 3.63) is 30.3 Å². The lowest BCUT2D eigenvalue weighted by Gasteiger charge is -2.09. The summed E-state index contributed by atoms with van der Waals surface area (Å²) in [6, 6.07) is 9.07. The first kappa shape index (κ1) is 11.5. The van der Waals surface area contributed by atoms with Gasteiger partial charge in [0.1, 0.15) is 0 Å². The van der Waals surface area contributed by atoms with Gasteiger partial charge in [0, 0.05) is 18.2 Å². The van der Waals surface area contributed by atoms with Gasteiger partial charge in [0.15, 0.2) is 0 Å². The standard InChI is InChI=1S/C11H15NO3/c1-9(7-13)8-15-11(14)12-10-5-3-2-4-6-10/h2-6,9,13H,7-8H2,1H3,(H,12,14)/t9-/m0/s1. The smallest absolute Gasteiger partial charge is 0.411 e. The number of aliphatic hydroxyl groups is 1. The second-order valence-electron chi connectivity index (χ2n) is 3.38. The number of anilines is 1. The summed E-state index contributed by atoms with van der Waals surface area (Å²) in [4.78, 5) is 11.2. The third kappa shape index (κ3) is 4.46. The highest BCUT2D eigenvalue weighted by molar-refractivity contribution is 5.84. The van der Waals surface area contributed by atoms with E-state index < -0.39 is 6.09 Å².